The molecule has 0 bridgehead atoms. The smallest absolute Gasteiger partial charge is 0.323 e. The fourth-order valence-electron chi connectivity index (χ4n) is 4.58. The third kappa shape index (κ3) is 9.48. The summed E-state index contributed by atoms with van der Waals surface area (Å²) in [6.07, 6.45) is 0. The number of nitrogens with zero attached hydrogens (tertiary/aromatic N) is 2. The number of azo groups is 1. The maximum atomic E-state index is 12.7. The number of carbonyl (C=O) groups is 3. The van der Waals surface area contributed by atoms with Crippen LogP contribution in [0.2, 0.25) is 0 Å². The number of benzene rings is 4. The molecule has 53 heavy (non-hydrogen) atoms. The number of allylic oxidation sites excluding steroid dienone is 1. The number of aromatic amines is 4. The van der Waals surface area contributed by atoms with Crippen LogP contribution in [0.1, 0.15) is 13.8 Å². The first-order valence-electron chi connectivity index (χ1n) is 15.5. The van der Waals surface area contributed by atoms with Crippen molar-refractivity contribution >= 4 is 68.1 Å². The van der Waals surface area contributed by atoms with Crippen LogP contribution >= 0.6 is 0 Å². The van der Waals surface area contributed by atoms with Crippen LogP contribution in [0.3, 0.4) is 0 Å². The summed E-state index contributed by atoms with van der Waals surface area (Å²) in [5, 5.41) is 30.3. The minimum absolute atomic E-state index is 0.132. The van der Waals surface area contributed by atoms with Crippen LogP contribution in [0, 0.1) is 5.41 Å². The number of amides is 2. The summed E-state index contributed by atoms with van der Waals surface area (Å²) in [6, 6.07) is 23.3. The van der Waals surface area contributed by atoms with Gasteiger partial charge in [0.2, 0.25) is 6.79 Å². The van der Waals surface area contributed by atoms with E-state index in [0.29, 0.717) is 56.3 Å². The summed E-state index contributed by atoms with van der Waals surface area (Å²) < 4.78 is 11.2. The van der Waals surface area contributed by atoms with Gasteiger partial charge in [0.25, 0.3) is 11.8 Å². The lowest BCUT2D eigenvalue weighted by molar-refractivity contribution is -0.115. The first-order valence-corrected chi connectivity index (χ1v) is 15.5. The lowest BCUT2D eigenvalue weighted by Gasteiger charge is -2.11. The van der Waals surface area contributed by atoms with E-state index in [1.54, 1.807) is 84.9 Å². The number of ketones is 1. The Morgan fingerprint density at radius 3 is 1.81 bits per heavy atom. The zero-order valence-electron chi connectivity index (χ0n) is 28.1. The molecule has 6 rings (SSSR count). The van der Waals surface area contributed by atoms with E-state index in [2.05, 4.69) is 40.8 Å². The van der Waals surface area contributed by atoms with Gasteiger partial charge in [-0.05, 0) is 67.6 Å². The molecule has 6 aromatic rings. The molecule has 0 saturated carbocycles. The number of nitrogens with two attached hydrogens (primary N) is 1. The van der Waals surface area contributed by atoms with Crippen molar-refractivity contribution in [1.82, 2.24) is 19.9 Å². The molecule has 0 unspecified atom stereocenters. The third-order valence-corrected chi connectivity index (χ3v) is 7.16. The summed E-state index contributed by atoms with van der Waals surface area (Å²) in [5.74, 6) is -1.58. The number of carbonyl (C=O) groups excluding carboxylic acids is 3. The minimum atomic E-state index is -0.778. The number of nitrogens with one attached hydrogen (secondary N) is 7. The van der Waals surface area contributed by atoms with Crippen molar-refractivity contribution in [3.8, 4) is 11.5 Å². The molecule has 4 aromatic carbocycles. The fraction of sp³-hybridized carbons (Fsp3) is 0.0857. The van der Waals surface area contributed by atoms with E-state index in [9.17, 15) is 29.1 Å². The summed E-state index contributed by atoms with van der Waals surface area (Å²) in [7, 11) is 0. The molecule has 0 radical (unpaired) electrons. The van der Waals surface area contributed by atoms with Gasteiger partial charge in [-0.15, -0.1) is 10.2 Å². The average Bonchev–Trinajstić information content (AvgIpc) is 3.69. The number of anilines is 3. The Morgan fingerprint density at radius 1 is 0.736 bits per heavy atom. The number of imidazole rings is 2. The monoisotopic (exact) mass is 720 g/mol. The van der Waals surface area contributed by atoms with E-state index >= 15 is 0 Å². The number of hydrogen-bond donors (Lipinski definition) is 9. The highest BCUT2D eigenvalue weighted by atomic mass is 16.7. The van der Waals surface area contributed by atoms with Crippen molar-refractivity contribution in [1.29, 1.82) is 5.41 Å². The van der Waals surface area contributed by atoms with E-state index < -0.39 is 23.3 Å². The largest absolute Gasteiger partial charge is 0.510 e. The van der Waals surface area contributed by atoms with E-state index in [-0.39, 0.29) is 29.6 Å². The number of hydrogen-bond acceptors (Lipinski definition) is 12. The molecule has 0 aliphatic rings. The number of aromatic nitrogens is 4. The molecule has 2 heterocycles. The van der Waals surface area contributed by atoms with Crippen molar-refractivity contribution in [2.45, 2.75) is 13.8 Å². The highest BCUT2D eigenvalue weighted by Gasteiger charge is 2.16. The molecule has 270 valence electrons. The number of H-pyrrole nitrogens is 4. The Balaban J connectivity index is 0.000000252. The Hall–Kier alpha value is -7.76. The van der Waals surface area contributed by atoms with Gasteiger partial charge in [0.05, 0.1) is 27.8 Å². The number of aliphatic hydroxyl groups excluding tert-OH is 1. The molecule has 2 amide bonds. The number of aliphatic hydroxyl groups is 1. The van der Waals surface area contributed by atoms with Gasteiger partial charge in [-0.25, -0.2) is 9.59 Å². The minimum Gasteiger partial charge on any atom is -0.510 e. The number of ether oxygens (including phenoxy) is 2. The van der Waals surface area contributed by atoms with Gasteiger partial charge in [-0.2, -0.15) is 0 Å². The number of nitrogen functional groups attached to an aromatic ring is 1. The predicted octanol–water partition coefficient (Wildman–Crippen LogP) is 4.77. The first-order chi connectivity index (χ1) is 25.4. The van der Waals surface area contributed by atoms with Crippen LogP contribution in [0.25, 0.3) is 22.1 Å². The van der Waals surface area contributed by atoms with Crippen LogP contribution in [-0.4, -0.2) is 55.1 Å². The number of rotatable bonds is 11. The summed E-state index contributed by atoms with van der Waals surface area (Å²) in [5.41, 5.74) is 8.09. The van der Waals surface area contributed by atoms with Crippen LogP contribution in [0.15, 0.2) is 116 Å². The maximum absolute atomic E-state index is 12.7. The lowest BCUT2D eigenvalue weighted by Crippen LogP contribution is -2.27. The van der Waals surface area contributed by atoms with Crippen molar-refractivity contribution in [2.24, 2.45) is 10.2 Å². The summed E-state index contributed by atoms with van der Waals surface area (Å²) in [6.45, 7) is 2.34. The molecule has 10 N–H and O–H groups in total. The van der Waals surface area contributed by atoms with Crippen molar-refractivity contribution in [3.63, 3.8) is 0 Å². The summed E-state index contributed by atoms with van der Waals surface area (Å²) >= 11 is 0. The molecule has 2 aromatic heterocycles. The third-order valence-electron chi connectivity index (χ3n) is 7.16. The first kappa shape index (κ1) is 36.5. The van der Waals surface area contributed by atoms with Gasteiger partial charge in [0.1, 0.15) is 17.2 Å². The molecular formula is C35H32N10O8. The van der Waals surface area contributed by atoms with E-state index in [1.165, 1.54) is 6.92 Å². The molecule has 18 heteroatoms. The molecule has 0 atom stereocenters. The highest BCUT2D eigenvalue weighted by molar-refractivity contribution is 6.66. The van der Waals surface area contributed by atoms with Gasteiger partial charge >= 0.3 is 11.4 Å². The van der Waals surface area contributed by atoms with Crippen LogP contribution < -0.4 is 37.2 Å². The standard InChI is InChI=1S/C24H22N6O5.C11H10N4O3/c1-14(31)22(23(32)26-15-10-11-17-19(12-15)28-24(33)27-17)30-29-18-7-3-5-9-21(18)35-13-34-20-8-4-2-6-16(20)25;1-5(16)9(12)10(17)13-6-2-3-7-8(4-6)15-11(18)14-7/h2-12,31H,13,25H2,1H3,(H,26,32)(H2,27,28,33);2-4,12H,1H3,(H,13,17)(H2,14,15,18)/b22-14+,30-29?;. The van der Waals surface area contributed by atoms with Crippen molar-refractivity contribution in [2.75, 3.05) is 23.2 Å². The molecule has 0 aliphatic heterocycles. The second kappa shape index (κ2) is 16.3. The Labute approximate surface area is 298 Å². The molecule has 18 nitrogen and oxygen atoms in total. The Kier molecular flexibility index (Phi) is 11.2. The molecular weight excluding hydrogens is 688 g/mol. The van der Waals surface area contributed by atoms with E-state index in [0.717, 1.165) is 6.92 Å². The normalized spacial score (nSPS) is 11.4. The van der Waals surface area contributed by atoms with Gasteiger partial charge in [0, 0.05) is 18.3 Å². The number of Topliss-reactive ketones (excluding diaryl/α,β-unsaturated/α-hetero) is 1. The van der Waals surface area contributed by atoms with E-state index in [4.69, 9.17) is 20.6 Å². The Morgan fingerprint density at radius 2 is 1.25 bits per heavy atom. The van der Waals surface area contributed by atoms with Gasteiger partial charge in [-0.1, -0.05) is 24.3 Å². The van der Waals surface area contributed by atoms with Crippen LogP contribution in [0.4, 0.5) is 22.7 Å². The van der Waals surface area contributed by atoms with E-state index in [1.807, 2.05) is 0 Å². The van der Waals surface area contributed by atoms with Crippen LogP contribution in [-0.2, 0) is 14.4 Å². The second-order valence-electron chi connectivity index (χ2n) is 11.1. The van der Waals surface area contributed by atoms with Crippen molar-refractivity contribution < 1.29 is 29.0 Å². The van der Waals surface area contributed by atoms with Gasteiger partial charge in [-0.3, -0.25) is 19.8 Å². The number of para-hydroxylation sites is 3. The topological polar surface area (TPSA) is 286 Å². The zero-order chi connectivity index (χ0) is 38.1. The molecule has 0 spiro atoms. The number of fused-ring (bicyclic) bond motifs is 2. The molecule has 0 fully saturated rings. The Bertz CT molecular complexity index is 2520. The lowest BCUT2D eigenvalue weighted by atomic mass is 10.2. The average molecular weight is 721 g/mol. The quantitative estimate of drug-likeness (QED) is 0.0169. The SMILES string of the molecule is C/C(O)=C(\N=Nc1ccccc1OCOc1ccccc1N)C(=O)Nc1ccc2[nH]c(=O)[nH]c2c1.CC(=O)C(=N)C(=O)Nc1ccc2[nH]c(=O)[nH]c2c1. The van der Waals surface area contributed by atoms with Crippen molar-refractivity contribution in [3.05, 3.63) is 117 Å². The maximum Gasteiger partial charge on any atom is 0.323 e. The van der Waals surface area contributed by atoms with Crippen LogP contribution in [0.5, 0.6) is 11.5 Å². The van der Waals surface area contributed by atoms with Gasteiger partial charge in [0.15, 0.2) is 22.9 Å². The second-order valence-corrected chi connectivity index (χ2v) is 11.1. The predicted molar refractivity (Wildman–Crippen MR) is 197 cm³/mol. The molecule has 0 saturated heterocycles. The zero-order valence-corrected chi connectivity index (χ0v) is 28.1. The summed E-state index contributed by atoms with van der Waals surface area (Å²) in [4.78, 5) is 67.8. The fourth-order valence-corrected chi connectivity index (χ4v) is 4.58. The van der Waals surface area contributed by atoms with Gasteiger partial charge < -0.3 is 50.9 Å². The highest BCUT2D eigenvalue weighted by Crippen LogP contribution is 2.29. The molecule has 0 aliphatic carbocycles.